The highest BCUT2D eigenvalue weighted by atomic mass is 35.5. The van der Waals surface area contributed by atoms with E-state index in [0.29, 0.717) is 6.42 Å². The number of phenols is 1. The highest BCUT2D eigenvalue weighted by Crippen LogP contribution is 2.42. The van der Waals surface area contributed by atoms with Gasteiger partial charge < -0.3 is 10.8 Å². The third-order valence-electron chi connectivity index (χ3n) is 4.34. The number of aromatic hydroxyl groups is 1. The van der Waals surface area contributed by atoms with Crippen molar-refractivity contribution in [1.29, 1.82) is 0 Å². The van der Waals surface area contributed by atoms with Crippen LogP contribution in [0, 0.1) is 0 Å². The Morgan fingerprint density at radius 3 is 2.80 bits per heavy atom. The molecule has 2 saturated heterocycles. The summed E-state index contributed by atoms with van der Waals surface area (Å²) in [5, 5.41) is 9.54. The number of nitrogen functional groups attached to an aromatic ring is 1. The standard InChI is InChI=1S/C13H17ClN2O3S/c14-8-3-4-9(15)12(17)13(8)20(18,19)11-5-7-16-6-1-2-10(11)16/h3-4,10-11,17H,1-2,5-7,15H2. The summed E-state index contributed by atoms with van der Waals surface area (Å²) >= 11 is 6.00. The van der Waals surface area contributed by atoms with Crippen LogP contribution in [0.5, 0.6) is 5.75 Å². The van der Waals surface area contributed by atoms with Crippen molar-refractivity contribution in [3.8, 4) is 5.75 Å². The van der Waals surface area contributed by atoms with Crippen molar-refractivity contribution in [1.82, 2.24) is 4.90 Å². The molecule has 0 saturated carbocycles. The van der Waals surface area contributed by atoms with Crippen LogP contribution in [0.4, 0.5) is 5.69 Å². The lowest BCUT2D eigenvalue weighted by molar-refractivity contribution is 0.324. The molecule has 2 aliphatic heterocycles. The lowest BCUT2D eigenvalue weighted by Crippen LogP contribution is -2.34. The molecule has 2 unspecified atom stereocenters. The zero-order valence-electron chi connectivity index (χ0n) is 10.9. The summed E-state index contributed by atoms with van der Waals surface area (Å²) in [6, 6.07) is 2.87. The number of halogens is 1. The van der Waals surface area contributed by atoms with Crippen molar-refractivity contribution >= 4 is 27.1 Å². The van der Waals surface area contributed by atoms with Crippen molar-refractivity contribution in [2.24, 2.45) is 0 Å². The van der Waals surface area contributed by atoms with Gasteiger partial charge in [-0.25, -0.2) is 8.42 Å². The van der Waals surface area contributed by atoms with E-state index in [0.717, 1.165) is 25.9 Å². The van der Waals surface area contributed by atoms with Crippen LogP contribution in [0.15, 0.2) is 17.0 Å². The van der Waals surface area contributed by atoms with E-state index in [1.807, 2.05) is 0 Å². The van der Waals surface area contributed by atoms with E-state index in [-0.39, 0.29) is 21.6 Å². The molecule has 0 aromatic heterocycles. The Balaban J connectivity index is 2.07. The Labute approximate surface area is 123 Å². The first kappa shape index (κ1) is 14.0. The van der Waals surface area contributed by atoms with Gasteiger partial charge in [-0.3, -0.25) is 4.90 Å². The number of benzene rings is 1. The lowest BCUT2D eigenvalue weighted by Gasteiger charge is -2.21. The van der Waals surface area contributed by atoms with Crippen molar-refractivity contribution in [3.05, 3.63) is 17.2 Å². The first-order valence-corrected chi connectivity index (χ1v) is 8.60. The topological polar surface area (TPSA) is 83.6 Å². The molecule has 2 fully saturated rings. The van der Waals surface area contributed by atoms with Crippen LogP contribution in [0.2, 0.25) is 5.02 Å². The number of rotatable bonds is 2. The zero-order chi connectivity index (χ0) is 14.5. The van der Waals surface area contributed by atoms with Gasteiger partial charge in [-0.1, -0.05) is 11.6 Å². The average Bonchev–Trinajstić information content (AvgIpc) is 2.95. The molecule has 2 heterocycles. The van der Waals surface area contributed by atoms with Gasteiger partial charge in [0, 0.05) is 6.04 Å². The van der Waals surface area contributed by atoms with Crippen LogP contribution >= 0.6 is 11.6 Å². The van der Waals surface area contributed by atoms with Crippen molar-refractivity contribution in [2.45, 2.75) is 35.4 Å². The van der Waals surface area contributed by atoms with Gasteiger partial charge in [0.2, 0.25) is 0 Å². The van der Waals surface area contributed by atoms with Gasteiger partial charge in [0.15, 0.2) is 15.6 Å². The maximum atomic E-state index is 12.8. The molecule has 110 valence electrons. The number of hydrogen-bond donors (Lipinski definition) is 2. The molecule has 0 aliphatic carbocycles. The molecule has 0 radical (unpaired) electrons. The van der Waals surface area contributed by atoms with Gasteiger partial charge in [0.1, 0.15) is 4.90 Å². The van der Waals surface area contributed by atoms with Crippen molar-refractivity contribution in [2.75, 3.05) is 18.8 Å². The second kappa shape index (κ2) is 4.79. The number of hydrogen-bond acceptors (Lipinski definition) is 5. The Bertz CT molecular complexity index is 647. The average molecular weight is 317 g/mol. The summed E-state index contributed by atoms with van der Waals surface area (Å²) in [6.07, 6.45) is 2.48. The quantitative estimate of drug-likeness (QED) is 0.640. The molecule has 5 nitrogen and oxygen atoms in total. The fourth-order valence-corrected chi connectivity index (χ4v) is 6.02. The Hall–Kier alpha value is -0.980. The third kappa shape index (κ3) is 1.98. The normalized spacial score (nSPS) is 26.9. The molecule has 20 heavy (non-hydrogen) atoms. The molecule has 2 aliphatic rings. The van der Waals surface area contributed by atoms with Gasteiger partial charge in [0.25, 0.3) is 0 Å². The molecule has 1 aromatic carbocycles. The number of sulfone groups is 1. The summed E-state index contributed by atoms with van der Waals surface area (Å²) in [5.74, 6) is -0.422. The van der Waals surface area contributed by atoms with Crippen LogP contribution in [0.25, 0.3) is 0 Å². The number of anilines is 1. The predicted molar refractivity (Wildman–Crippen MR) is 77.7 cm³/mol. The first-order chi connectivity index (χ1) is 9.43. The van der Waals surface area contributed by atoms with Gasteiger partial charge in [-0.15, -0.1) is 0 Å². The van der Waals surface area contributed by atoms with E-state index in [2.05, 4.69) is 4.90 Å². The van der Waals surface area contributed by atoms with Crippen LogP contribution < -0.4 is 5.73 Å². The van der Waals surface area contributed by atoms with Crippen LogP contribution in [-0.4, -0.2) is 42.8 Å². The van der Waals surface area contributed by atoms with E-state index >= 15 is 0 Å². The maximum absolute atomic E-state index is 12.8. The minimum Gasteiger partial charge on any atom is -0.504 e. The highest BCUT2D eigenvalue weighted by Gasteiger charge is 2.46. The summed E-state index contributed by atoms with van der Waals surface area (Å²) in [6.45, 7) is 1.74. The van der Waals surface area contributed by atoms with Crippen molar-refractivity contribution in [3.63, 3.8) is 0 Å². The SMILES string of the molecule is Nc1ccc(Cl)c(S(=O)(=O)C2CCN3CCCC23)c1O. The molecule has 3 N–H and O–H groups in total. The minimum absolute atomic E-state index is 0.0353. The van der Waals surface area contributed by atoms with E-state index in [4.69, 9.17) is 17.3 Å². The van der Waals surface area contributed by atoms with Crippen molar-refractivity contribution < 1.29 is 13.5 Å². The molecule has 0 amide bonds. The molecule has 0 bridgehead atoms. The molecule has 2 atom stereocenters. The zero-order valence-corrected chi connectivity index (χ0v) is 12.5. The van der Waals surface area contributed by atoms with Gasteiger partial charge in [-0.05, 0) is 44.5 Å². The molecular weight excluding hydrogens is 300 g/mol. The Morgan fingerprint density at radius 1 is 1.30 bits per heavy atom. The fraction of sp³-hybridized carbons (Fsp3) is 0.538. The highest BCUT2D eigenvalue weighted by molar-refractivity contribution is 7.92. The lowest BCUT2D eigenvalue weighted by atomic mass is 10.1. The van der Waals surface area contributed by atoms with E-state index in [1.165, 1.54) is 12.1 Å². The third-order valence-corrected chi connectivity index (χ3v) is 7.10. The molecule has 1 aromatic rings. The monoisotopic (exact) mass is 316 g/mol. The van der Waals surface area contributed by atoms with Gasteiger partial charge in [0.05, 0.1) is 16.0 Å². The van der Waals surface area contributed by atoms with Crippen LogP contribution in [0.1, 0.15) is 19.3 Å². The Morgan fingerprint density at radius 2 is 2.05 bits per heavy atom. The van der Waals surface area contributed by atoms with E-state index in [1.54, 1.807) is 0 Å². The summed E-state index contributed by atoms with van der Waals surface area (Å²) in [5.41, 5.74) is 5.64. The van der Waals surface area contributed by atoms with Gasteiger partial charge >= 0.3 is 0 Å². The second-order valence-electron chi connectivity index (χ2n) is 5.43. The molecule has 0 spiro atoms. The van der Waals surface area contributed by atoms with Gasteiger partial charge in [-0.2, -0.15) is 0 Å². The number of nitrogens with two attached hydrogens (primary N) is 1. The minimum atomic E-state index is -3.68. The Kier molecular flexibility index (Phi) is 3.35. The first-order valence-electron chi connectivity index (χ1n) is 6.68. The molecular formula is C13H17ClN2O3S. The fourth-order valence-electron chi connectivity index (χ4n) is 3.38. The van der Waals surface area contributed by atoms with E-state index < -0.39 is 20.8 Å². The number of phenolic OH excluding ortho intramolecular Hbond substituents is 1. The number of nitrogens with zero attached hydrogens (tertiary/aromatic N) is 1. The largest absolute Gasteiger partial charge is 0.504 e. The summed E-state index contributed by atoms with van der Waals surface area (Å²) in [4.78, 5) is 2.00. The predicted octanol–water partition coefficient (Wildman–Crippen LogP) is 1.64. The smallest absolute Gasteiger partial charge is 0.188 e. The molecule has 3 rings (SSSR count). The second-order valence-corrected chi connectivity index (χ2v) is 7.94. The van der Waals surface area contributed by atoms with E-state index in [9.17, 15) is 13.5 Å². The molecule has 7 heteroatoms. The number of fused-ring (bicyclic) bond motifs is 1. The summed E-state index contributed by atoms with van der Waals surface area (Å²) < 4.78 is 25.7. The van der Waals surface area contributed by atoms with Crippen LogP contribution in [-0.2, 0) is 9.84 Å². The van der Waals surface area contributed by atoms with Crippen LogP contribution in [0.3, 0.4) is 0 Å². The summed E-state index contributed by atoms with van der Waals surface area (Å²) in [7, 11) is -3.68. The maximum Gasteiger partial charge on any atom is 0.188 e.